The average molecular weight is 304 g/mol. The molecule has 0 saturated heterocycles. The van der Waals surface area contributed by atoms with Gasteiger partial charge in [0.15, 0.2) is 0 Å². The molecule has 3 rings (SSSR count). The van der Waals surface area contributed by atoms with Gasteiger partial charge in [-0.2, -0.15) is 0 Å². The fraction of sp³-hybridized carbons (Fsp3) is 0.250. The van der Waals surface area contributed by atoms with Crippen molar-refractivity contribution < 1.29 is 14.7 Å². The van der Waals surface area contributed by atoms with Gasteiger partial charge in [0.1, 0.15) is 0 Å². The van der Waals surface area contributed by atoms with Crippen LogP contribution in [-0.2, 0) is 0 Å². The first kappa shape index (κ1) is 14.0. The molecule has 1 N–H and O–H groups in total. The summed E-state index contributed by atoms with van der Waals surface area (Å²) in [6.07, 6.45) is 0.507. The number of benzene rings is 2. The van der Waals surface area contributed by atoms with E-state index in [0.717, 1.165) is 4.90 Å². The highest BCUT2D eigenvalue weighted by atomic mass is 35.5. The Kier molecular flexibility index (Phi) is 3.43. The Bertz CT molecular complexity index is 730. The van der Waals surface area contributed by atoms with Gasteiger partial charge in [-0.15, -0.1) is 0 Å². The molecule has 1 heterocycles. The van der Waals surface area contributed by atoms with Crippen LogP contribution in [0.2, 0.25) is 5.02 Å². The first-order valence-electron chi connectivity index (χ1n) is 6.80. The summed E-state index contributed by atoms with van der Waals surface area (Å²) in [7, 11) is 0. The quantitative estimate of drug-likeness (QED) is 0.887. The lowest BCUT2D eigenvalue weighted by molar-refractivity contribution is 0.0466. The molecule has 5 heteroatoms. The lowest BCUT2D eigenvalue weighted by atomic mass is 9.93. The lowest BCUT2D eigenvalue weighted by Crippen LogP contribution is -2.48. The summed E-state index contributed by atoms with van der Waals surface area (Å²) in [4.78, 5) is 26.4. The fourth-order valence-electron chi connectivity index (χ4n) is 2.80. The molecule has 2 amide bonds. The molecule has 0 spiro atoms. The van der Waals surface area contributed by atoms with E-state index in [9.17, 15) is 14.7 Å². The third-order valence-corrected chi connectivity index (χ3v) is 4.26. The van der Waals surface area contributed by atoms with Crippen molar-refractivity contribution >= 4 is 34.2 Å². The van der Waals surface area contributed by atoms with E-state index in [-0.39, 0.29) is 18.4 Å². The van der Waals surface area contributed by atoms with Crippen molar-refractivity contribution in [2.75, 3.05) is 6.61 Å². The Morgan fingerprint density at radius 3 is 2.43 bits per heavy atom. The van der Waals surface area contributed by atoms with Crippen LogP contribution in [-0.4, -0.2) is 34.5 Å². The van der Waals surface area contributed by atoms with Gasteiger partial charge >= 0.3 is 0 Å². The second-order valence-corrected chi connectivity index (χ2v) is 5.46. The van der Waals surface area contributed by atoms with Gasteiger partial charge in [0.25, 0.3) is 11.8 Å². The SMILES string of the molecule is CC[C@@H](CO)N1C(=O)c2cccc3c(Cl)ccc(c23)C1=O. The molecule has 21 heavy (non-hydrogen) atoms. The number of aliphatic hydroxyl groups excluding tert-OH is 1. The molecule has 0 aliphatic carbocycles. The zero-order chi connectivity index (χ0) is 15.1. The second kappa shape index (κ2) is 5.13. The molecule has 0 bridgehead atoms. The van der Waals surface area contributed by atoms with E-state index in [4.69, 9.17) is 11.6 Å². The zero-order valence-electron chi connectivity index (χ0n) is 11.5. The van der Waals surface area contributed by atoms with Crippen LogP contribution in [0.3, 0.4) is 0 Å². The van der Waals surface area contributed by atoms with Crippen LogP contribution in [0.1, 0.15) is 34.1 Å². The van der Waals surface area contributed by atoms with Gasteiger partial charge in [-0.05, 0) is 24.6 Å². The van der Waals surface area contributed by atoms with Crippen LogP contribution in [0.4, 0.5) is 0 Å². The van der Waals surface area contributed by atoms with Gasteiger partial charge in [-0.25, -0.2) is 0 Å². The van der Waals surface area contributed by atoms with Gasteiger partial charge < -0.3 is 5.11 Å². The summed E-state index contributed by atoms with van der Waals surface area (Å²) in [5.74, 6) is -0.748. The minimum atomic E-state index is -0.510. The molecule has 0 aromatic heterocycles. The molecular formula is C16H14ClNO3. The third-order valence-electron chi connectivity index (χ3n) is 3.93. The number of carbonyl (C=O) groups excluding carboxylic acids is 2. The van der Waals surface area contributed by atoms with Crippen LogP contribution >= 0.6 is 11.6 Å². The third kappa shape index (κ3) is 1.94. The molecule has 2 aromatic rings. The summed E-state index contributed by atoms with van der Waals surface area (Å²) in [6, 6.07) is 8.02. The topological polar surface area (TPSA) is 57.6 Å². The van der Waals surface area contributed by atoms with Gasteiger partial charge in [0, 0.05) is 26.9 Å². The van der Waals surface area contributed by atoms with Crippen molar-refractivity contribution in [2.45, 2.75) is 19.4 Å². The maximum Gasteiger partial charge on any atom is 0.261 e. The summed E-state index contributed by atoms with van der Waals surface area (Å²) >= 11 is 6.15. The fourth-order valence-corrected chi connectivity index (χ4v) is 3.02. The number of hydrogen-bond acceptors (Lipinski definition) is 3. The Morgan fingerprint density at radius 2 is 1.81 bits per heavy atom. The van der Waals surface area contributed by atoms with Crippen LogP contribution in [0.15, 0.2) is 30.3 Å². The summed E-state index contributed by atoms with van der Waals surface area (Å²) in [5.41, 5.74) is 0.910. The Morgan fingerprint density at radius 1 is 1.14 bits per heavy atom. The summed E-state index contributed by atoms with van der Waals surface area (Å²) < 4.78 is 0. The number of aliphatic hydroxyl groups is 1. The van der Waals surface area contributed by atoms with Crippen LogP contribution < -0.4 is 0 Å². The normalized spacial score (nSPS) is 15.7. The molecule has 0 unspecified atom stereocenters. The highest BCUT2D eigenvalue weighted by Gasteiger charge is 2.36. The number of halogens is 1. The smallest absolute Gasteiger partial charge is 0.261 e. The lowest BCUT2D eigenvalue weighted by Gasteiger charge is -2.32. The van der Waals surface area contributed by atoms with E-state index in [1.54, 1.807) is 30.3 Å². The van der Waals surface area contributed by atoms with Crippen LogP contribution in [0.25, 0.3) is 10.8 Å². The molecule has 1 aliphatic heterocycles. The number of carbonyl (C=O) groups is 2. The van der Waals surface area contributed by atoms with Gasteiger partial charge in [0.2, 0.25) is 0 Å². The highest BCUT2D eigenvalue weighted by molar-refractivity contribution is 6.38. The molecule has 1 aliphatic rings. The number of nitrogens with zero attached hydrogens (tertiary/aromatic N) is 1. The molecule has 108 valence electrons. The predicted octanol–water partition coefficient (Wildman–Crippen LogP) is 2.86. The molecule has 0 fully saturated rings. The number of rotatable bonds is 3. The summed E-state index contributed by atoms with van der Waals surface area (Å²) in [6.45, 7) is 1.59. The van der Waals surface area contributed by atoms with Gasteiger partial charge in [-0.1, -0.05) is 30.7 Å². The molecular weight excluding hydrogens is 290 g/mol. The van der Waals surface area contributed by atoms with E-state index in [0.29, 0.717) is 33.3 Å². The van der Waals surface area contributed by atoms with Crippen molar-refractivity contribution in [3.8, 4) is 0 Å². The first-order chi connectivity index (χ1) is 10.1. The first-order valence-corrected chi connectivity index (χ1v) is 7.18. The highest BCUT2D eigenvalue weighted by Crippen LogP contribution is 2.34. The van der Waals surface area contributed by atoms with Crippen molar-refractivity contribution in [1.82, 2.24) is 4.90 Å². The molecule has 1 atom stereocenters. The average Bonchev–Trinajstić information content (AvgIpc) is 2.50. The number of imide groups is 1. The van der Waals surface area contributed by atoms with Crippen molar-refractivity contribution in [3.05, 3.63) is 46.5 Å². The molecule has 0 saturated carbocycles. The molecule has 2 aromatic carbocycles. The van der Waals surface area contributed by atoms with Crippen molar-refractivity contribution in [1.29, 1.82) is 0 Å². The van der Waals surface area contributed by atoms with Crippen LogP contribution in [0.5, 0.6) is 0 Å². The maximum atomic E-state index is 12.6. The zero-order valence-corrected chi connectivity index (χ0v) is 12.2. The number of amides is 2. The minimum absolute atomic E-state index is 0.243. The van der Waals surface area contributed by atoms with E-state index in [1.807, 2.05) is 6.92 Å². The Hall–Kier alpha value is -1.91. The minimum Gasteiger partial charge on any atom is -0.394 e. The van der Waals surface area contributed by atoms with Gasteiger partial charge in [-0.3, -0.25) is 14.5 Å². The van der Waals surface area contributed by atoms with Crippen molar-refractivity contribution in [3.63, 3.8) is 0 Å². The maximum absolute atomic E-state index is 12.6. The second-order valence-electron chi connectivity index (χ2n) is 5.05. The van der Waals surface area contributed by atoms with Gasteiger partial charge in [0.05, 0.1) is 12.6 Å². The molecule has 4 nitrogen and oxygen atoms in total. The standard InChI is InChI=1S/C16H14ClNO3/c1-2-9(8-19)18-15(20)11-5-3-4-10-13(17)7-6-12(14(10)11)16(18)21/h3-7,9,19H,2,8H2,1H3/t9-/m0/s1. The van der Waals surface area contributed by atoms with E-state index in [1.165, 1.54) is 0 Å². The molecule has 0 radical (unpaired) electrons. The Balaban J connectivity index is 2.29. The van der Waals surface area contributed by atoms with E-state index in [2.05, 4.69) is 0 Å². The monoisotopic (exact) mass is 303 g/mol. The Labute approximate surface area is 126 Å². The van der Waals surface area contributed by atoms with Crippen molar-refractivity contribution in [2.24, 2.45) is 0 Å². The van der Waals surface area contributed by atoms with E-state index < -0.39 is 6.04 Å². The number of hydrogen-bond donors (Lipinski definition) is 1. The van der Waals surface area contributed by atoms with E-state index >= 15 is 0 Å². The summed E-state index contributed by atoms with van der Waals surface area (Å²) in [5, 5.41) is 11.2. The van der Waals surface area contributed by atoms with Crippen LogP contribution in [0, 0.1) is 0 Å². The predicted molar refractivity (Wildman–Crippen MR) is 80.6 cm³/mol. The largest absolute Gasteiger partial charge is 0.394 e.